The van der Waals surface area contributed by atoms with E-state index in [2.05, 4.69) is 65.7 Å². The van der Waals surface area contributed by atoms with Crippen molar-refractivity contribution < 1.29 is 46.8 Å². The van der Waals surface area contributed by atoms with Gasteiger partial charge in [0.1, 0.15) is 59.0 Å². The van der Waals surface area contributed by atoms with Crippen molar-refractivity contribution in [3.05, 3.63) is 126 Å². The zero-order valence-electron chi connectivity index (χ0n) is 42.5. The van der Waals surface area contributed by atoms with Gasteiger partial charge in [0, 0.05) is 62.0 Å². The number of aromatic nitrogens is 4. The molecule has 8 rings (SSSR count). The first kappa shape index (κ1) is 52.7. The fourth-order valence-corrected chi connectivity index (χ4v) is 9.40. The van der Waals surface area contributed by atoms with E-state index in [1.807, 2.05) is 42.5 Å². The van der Waals surface area contributed by atoms with Gasteiger partial charge in [-0.25, -0.2) is 29.1 Å². The van der Waals surface area contributed by atoms with Crippen molar-refractivity contribution in [3.8, 4) is 62.7 Å². The predicted octanol–water partition coefficient (Wildman–Crippen LogP) is 10.3. The fourth-order valence-electron chi connectivity index (χ4n) is 8.16. The van der Waals surface area contributed by atoms with Crippen LogP contribution < -0.4 is 23.4 Å². The van der Waals surface area contributed by atoms with E-state index in [4.69, 9.17) is 49.1 Å². The number of aliphatic hydroxyl groups is 1. The molecule has 0 unspecified atom stereocenters. The minimum atomic E-state index is -2.34. The number of benzene rings is 4. The number of ether oxygens (including phenoxy) is 5. The van der Waals surface area contributed by atoms with Gasteiger partial charge in [-0.3, -0.25) is 4.90 Å². The second-order valence-electron chi connectivity index (χ2n) is 19.4. The maximum Gasteiger partial charge on any atom is 0.347 e. The number of aliphatic hydroxyl groups excluding tert-OH is 1. The van der Waals surface area contributed by atoms with Crippen LogP contribution in [0.3, 0.4) is 0 Å². The Balaban J connectivity index is 1.16. The summed E-state index contributed by atoms with van der Waals surface area (Å²) < 4.78 is 58.4. The largest absolute Gasteiger partial charge is 0.543 e. The van der Waals surface area contributed by atoms with E-state index in [9.17, 15) is 14.3 Å². The maximum absolute atomic E-state index is 14.4. The third-order valence-corrected chi connectivity index (χ3v) is 17.8. The Labute approximate surface area is 431 Å². The molecule has 15 nitrogen and oxygen atoms in total. The summed E-state index contributed by atoms with van der Waals surface area (Å²) in [6, 6.07) is 25.9. The minimum absolute atomic E-state index is 0.0140. The monoisotopic (exact) mass is 1030 g/mol. The lowest BCUT2D eigenvalue weighted by atomic mass is 9.99. The number of carbonyl (C=O) groups is 1. The summed E-state index contributed by atoms with van der Waals surface area (Å²) in [5.41, 5.74) is 3.63. The number of nitrogens with zero attached hydrogens (tertiary/aromatic N) is 6. The number of hydrogen-bond acceptors (Lipinski definition) is 15. The second kappa shape index (κ2) is 23.1. The van der Waals surface area contributed by atoms with Crippen LogP contribution >= 0.6 is 11.6 Å². The number of furan rings is 1. The Morgan fingerprint density at radius 1 is 0.904 bits per heavy atom. The molecule has 1 saturated heterocycles. The molecule has 18 heteroatoms. The van der Waals surface area contributed by atoms with Gasteiger partial charge in [0.2, 0.25) is 26.0 Å². The molecule has 0 bridgehead atoms. The summed E-state index contributed by atoms with van der Waals surface area (Å²) in [7, 11) is 1.35. The van der Waals surface area contributed by atoms with E-state index in [0.717, 1.165) is 31.7 Å². The van der Waals surface area contributed by atoms with E-state index < -0.39 is 32.3 Å². The van der Waals surface area contributed by atoms with Gasteiger partial charge in [0.15, 0.2) is 5.82 Å². The predicted molar refractivity (Wildman–Crippen MR) is 280 cm³/mol. The van der Waals surface area contributed by atoms with Crippen molar-refractivity contribution in [2.24, 2.45) is 0 Å². The van der Waals surface area contributed by atoms with Crippen LogP contribution in [0.1, 0.15) is 39.0 Å². The highest BCUT2D eigenvalue weighted by Gasteiger charge is 2.39. The third-order valence-electron chi connectivity index (χ3n) is 13.2. The van der Waals surface area contributed by atoms with E-state index in [-0.39, 0.29) is 47.9 Å². The molecule has 0 amide bonds. The number of halogens is 2. The Kier molecular flexibility index (Phi) is 16.6. The summed E-state index contributed by atoms with van der Waals surface area (Å²) in [5, 5.41) is 10.8. The first-order valence-corrected chi connectivity index (χ1v) is 27.6. The molecule has 0 radical (unpaired) electrons. The summed E-state index contributed by atoms with van der Waals surface area (Å²) in [6.45, 7) is 16.5. The molecule has 1 fully saturated rings. The maximum atomic E-state index is 14.4. The molecule has 4 heterocycles. The van der Waals surface area contributed by atoms with Gasteiger partial charge in [0.05, 0.1) is 36.6 Å². The number of methoxy groups -OCH3 is 1. The zero-order valence-corrected chi connectivity index (χ0v) is 44.2. The topological polar surface area (TPSA) is 164 Å². The number of fused-ring (bicyclic) bond motifs is 1. The molecular weight excluding hydrogens is 971 g/mol. The molecule has 0 aliphatic carbocycles. The number of likely N-dealkylation sites (N-methyl/N-ethyl adjacent to an activating group) is 1. The molecule has 2 atom stereocenters. The van der Waals surface area contributed by atoms with Crippen molar-refractivity contribution in [2.45, 2.75) is 71.1 Å². The summed E-state index contributed by atoms with van der Waals surface area (Å²) in [4.78, 5) is 37.1. The molecule has 1 N–H and O–H groups in total. The van der Waals surface area contributed by atoms with Crippen molar-refractivity contribution in [1.29, 1.82) is 0 Å². The number of carbonyl (C=O) groups excluding carboxylic acids is 1. The highest BCUT2D eigenvalue weighted by Crippen LogP contribution is 2.46. The number of esters is 1. The highest BCUT2D eigenvalue weighted by atomic mass is 35.5. The van der Waals surface area contributed by atoms with E-state index in [1.54, 1.807) is 56.6 Å². The van der Waals surface area contributed by atoms with Crippen LogP contribution in [0.4, 0.5) is 4.39 Å². The van der Waals surface area contributed by atoms with Crippen LogP contribution in [-0.4, -0.2) is 121 Å². The molecule has 7 aromatic rings. The van der Waals surface area contributed by atoms with Gasteiger partial charge in [-0.05, 0) is 110 Å². The average Bonchev–Trinajstić information content (AvgIpc) is 3.77. The van der Waals surface area contributed by atoms with E-state index >= 15 is 0 Å². The lowest BCUT2D eigenvalue weighted by Gasteiger charge is -2.36. The first-order valence-electron chi connectivity index (χ1n) is 24.3. The van der Waals surface area contributed by atoms with E-state index in [1.165, 1.54) is 18.5 Å². The summed E-state index contributed by atoms with van der Waals surface area (Å²) >= 11 is 7.01. The molecule has 1 aliphatic heterocycles. The van der Waals surface area contributed by atoms with Gasteiger partial charge in [-0.15, -0.1) is 0 Å². The third kappa shape index (κ3) is 12.6. The van der Waals surface area contributed by atoms with Gasteiger partial charge >= 0.3 is 5.97 Å². The molecule has 73 heavy (non-hydrogen) atoms. The molecule has 3 aromatic heterocycles. The smallest absolute Gasteiger partial charge is 0.347 e. The van der Waals surface area contributed by atoms with Crippen LogP contribution in [0.25, 0.3) is 44.9 Å². The van der Waals surface area contributed by atoms with Crippen LogP contribution in [0.2, 0.25) is 23.2 Å². The van der Waals surface area contributed by atoms with Crippen molar-refractivity contribution in [2.75, 3.05) is 60.1 Å². The van der Waals surface area contributed by atoms with Gasteiger partial charge < -0.3 is 42.5 Å². The van der Waals surface area contributed by atoms with E-state index in [0.29, 0.717) is 74.5 Å². The summed E-state index contributed by atoms with van der Waals surface area (Å²) in [5.74, 6) is 1.80. The fraction of sp³-hybridized carbons (Fsp3) is 0.364. The normalized spacial score (nSPS) is 14.4. The average molecular weight is 1030 g/mol. The lowest BCUT2D eigenvalue weighted by molar-refractivity contribution is -0.151. The Bertz CT molecular complexity index is 3020. The highest BCUT2D eigenvalue weighted by molar-refractivity contribution is 6.74. The Morgan fingerprint density at radius 2 is 1.64 bits per heavy atom. The van der Waals surface area contributed by atoms with Crippen molar-refractivity contribution >= 4 is 37.0 Å². The Morgan fingerprint density at radius 3 is 2.36 bits per heavy atom. The molecular formula is C55H62ClFN6O9Si. The van der Waals surface area contributed by atoms with Crippen molar-refractivity contribution in [3.63, 3.8) is 0 Å². The number of piperazine rings is 1. The van der Waals surface area contributed by atoms with Crippen LogP contribution in [-0.2, 0) is 22.6 Å². The first-order chi connectivity index (χ1) is 35.0. The lowest BCUT2D eigenvalue weighted by Crippen LogP contribution is -2.48. The molecule has 384 valence electrons. The molecule has 1 aliphatic rings. The van der Waals surface area contributed by atoms with Gasteiger partial charge in [-0.2, -0.15) is 0 Å². The molecule has 4 aromatic carbocycles. The van der Waals surface area contributed by atoms with Gasteiger partial charge in [0.25, 0.3) is 0 Å². The second-order valence-corrected chi connectivity index (χ2v) is 24.5. The molecule has 0 saturated carbocycles. The summed E-state index contributed by atoms with van der Waals surface area (Å²) in [6.07, 6.45) is 1.10. The standard InChI is InChI=1S/C55H62ClFN6O9Si/c1-9-67-54(65)47(30-37-28-40(72-73(7,8)55(2,3)4)19-21-44(37)68-33-39-22-23-58-51(61-39)42-12-10-11-13-45(42)66-6)70-52-49-48(50(71-53(49)60-34-59-52)35-14-17-38(57)18-15-35)36-16-20-46(43(56)29-36)69-41(32-64)31-63-26-24-62(5)25-27-63/h10-23,28-29,34,41,47,64H,9,24-27,30-33H2,1-8H3/t41-,47+/m0/s1. The Hall–Kier alpha value is -6.63. The quantitative estimate of drug-likeness (QED) is 0.0566. The number of rotatable bonds is 20. The van der Waals surface area contributed by atoms with Crippen molar-refractivity contribution in [1.82, 2.24) is 29.7 Å². The van der Waals surface area contributed by atoms with Crippen LogP contribution in [0.15, 0.2) is 108 Å². The van der Waals surface area contributed by atoms with Gasteiger partial charge in [-0.1, -0.05) is 50.6 Å². The number of para-hydroxylation sites is 1. The zero-order chi connectivity index (χ0) is 51.9. The number of hydrogen-bond donors (Lipinski definition) is 1. The van der Waals surface area contributed by atoms with Crippen LogP contribution in [0.5, 0.6) is 28.9 Å². The van der Waals surface area contributed by atoms with Crippen LogP contribution in [0, 0.1) is 5.82 Å². The molecule has 0 spiro atoms. The SMILES string of the molecule is CCOC(=O)[C@@H](Cc1cc(O[Si](C)(C)C(C)(C)C)ccc1OCc1ccnc(-c2ccccc2OC)n1)Oc1ncnc2oc(-c3ccc(F)cc3)c(-c3ccc(O[C@H](CO)CN4CCN(C)CC4)c(Cl)c3)c12. The minimum Gasteiger partial charge on any atom is -0.543 e.